The number of carbonyl (C=O) groups excluding carboxylic acids is 2. The first-order valence-electron chi connectivity index (χ1n) is 10.4. The number of anilines is 1. The van der Waals surface area contributed by atoms with E-state index >= 15 is 0 Å². The Labute approximate surface area is 201 Å². The molecule has 3 rings (SSSR count). The van der Waals surface area contributed by atoms with E-state index < -0.39 is 18.0 Å². The fraction of sp³-hybridized carbons (Fsp3) is 0.200. The molecule has 0 fully saturated rings. The Morgan fingerprint density at radius 2 is 1.91 bits per heavy atom. The van der Waals surface area contributed by atoms with Gasteiger partial charge >= 0.3 is 5.97 Å². The largest absolute Gasteiger partial charge is 0.449 e. The minimum atomic E-state index is -1.07. The third-order valence-corrected chi connectivity index (χ3v) is 5.29. The number of benzene rings is 2. The van der Waals surface area contributed by atoms with Crippen LogP contribution >= 0.6 is 11.6 Å². The number of nitrogens with zero attached hydrogens (tertiary/aromatic N) is 4. The number of aryl methyl sites for hydroxylation is 1. The molecule has 0 saturated heterocycles. The van der Waals surface area contributed by atoms with Crippen molar-refractivity contribution in [3.8, 4) is 11.8 Å². The van der Waals surface area contributed by atoms with E-state index in [0.29, 0.717) is 22.6 Å². The number of para-hydroxylation sites is 1. The molecular weight excluding hydrogens is 459 g/mol. The normalized spacial score (nSPS) is 11.7. The number of rotatable bonds is 8. The summed E-state index contributed by atoms with van der Waals surface area (Å²) in [6.45, 7) is 3.37. The molecule has 0 aliphatic carbocycles. The molecule has 2 aromatic carbocycles. The first kappa shape index (κ1) is 24.7. The van der Waals surface area contributed by atoms with Crippen molar-refractivity contribution in [2.24, 2.45) is 0 Å². The molecule has 174 valence electrons. The van der Waals surface area contributed by atoms with Gasteiger partial charge < -0.3 is 9.64 Å². The maximum Gasteiger partial charge on any atom is 0.331 e. The molecule has 1 atom stereocenters. The predicted octanol–water partition coefficient (Wildman–Crippen LogP) is 4.87. The van der Waals surface area contributed by atoms with Crippen molar-refractivity contribution in [2.45, 2.75) is 26.4 Å². The monoisotopic (exact) mass is 480 g/mol. The van der Waals surface area contributed by atoms with E-state index in [4.69, 9.17) is 21.6 Å². The van der Waals surface area contributed by atoms with Crippen LogP contribution in [0.15, 0.2) is 60.7 Å². The van der Waals surface area contributed by atoms with E-state index in [-0.39, 0.29) is 23.9 Å². The Morgan fingerprint density at radius 3 is 2.56 bits per heavy atom. The van der Waals surface area contributed by atoms with Gasteiger partial charge in [0.05, 0.1) is 23.9 Å². The van der Waals surface area contributed by atoms with Crippen LogP contribution in [0, 0.1) is 24.1 Å². The van der Waals surface area contributed by atoms with Crippen LogP contribution in [0.4, 0.5) is 10.1 Å². The molecule has 9 heteroatoms. The van der Waals surface area contributed by atoms with Crippen molar-refractivity contribution in [3.63, 3.8) is 0 Å². The lowest BCUT2D eigenvalue weighted by Crippen LogP contribution is -2.40. The maximum atomic E-state index is 13.2. The van der Waals surface area contributed by atoms with Crippen molar-refractivity contribution >= 4 is 35.2 Å². The van der Waals surface area contributed by atoms with Crippen molar-refractivity contribution in [1.29, 1.82) is 5.26 Å². The lowest BCUT2D eigenvalue weighted by atomic mass is 10.2. The summed E-state index contributed by atoms with van der Waals surface area (Å²) in [4.78, 5) is 26.7. The zero-order valence-electron chi connectivity index (χ0n) is 18.6. The highest BCUT2D eigenvalue weighted by Gasteiger charge is 2.24. The lowest BCUT2D eigenvalue weighted by molar-refractivity contribution is -0.149. The van der Waals surface area contributed by atoms with E-state index in [1.165, 1.54) is 46.8 Å². The number of nitriles is 1. The highest BCUT2D eigenvalue weighted by Crippen LogP contribution is 2.25. The summed E-state index contributed by atoms with van der Waals surface area (Å²) in [7, 11) is 0. The van der Waals surface area contributed by atoms with Crippen LogP contribution in [-0.4, -0.2) is 34.3 Å². The SMILES string of the molecule is Cc1nn(-c2ccc(F)cc2)c(Cl)c1/C=C\C(=O)O[C@@H](C)C(=O)N(CCC#N)c1ccccc1. The molecule has 3 aromatic rings. The zero-order chi connectivity index (χ0) is 24.7. The van der Waals surface area contributed by atoms with Crippen LogP contribution in [0.5, 0.6) is 0 Å². The van der Waals surface area contributed by atoms with Crippen molar-refractivity contribution in [2.75, 3.05) is 11.4 Å². The van der Waals surface area contributed by atoms with Gasteiger partial charge in [0.1, 0.15) is 11.0 Å². The van der Waals surface area contributed by atoms with E-state index in [2.05, 4.69) is 5.10 Å². The summed E-state index contributed by atoms with van der Waals surface area (Å²) in [6, 6.07) is 16.5. The highest BCUT2D eigenvalue weighted by atomic mass is 35.5. The molecule has 1 amide bonds. The second-order valence-corrected chi connectivity index (χ2v) is 7.68. The zero-order valence-corrected chi connectivity index (χ0v) is 19.4. The quantitative estimate of drug-likeness (QED) is 0.339. The topological polar surface area (TPSA) is 88.2 Å². The average Bonchev–Trinajstić information content (AvgIpc) is 3.12. The number of aromatic nitrogens is 2. The number of hydrogen-bond donors (Lipinski definition) is 0. The van der Waals surface area contributed by atoms with Gasteiger partial charge in [-0.1, -0.05) is 29.8 Å². The van der Waals surface area contributed by atoms with Crippen molar-refractivity contribution < 1.29 is 18.7 Å². The van der Waals surface area contributed by atoms with Crippen LogP contribution in [0.25, 0.3) is 11.8 Å². The summed E-state index contributed by atoms with van der Waals surface area (Å²) in [5.74, 6) is -1.56. The number of carbonyl (C=O) groups is 2. The fourth-order valence-electron chi connectivity index (χ4n) is 3.22. The molecule has 0 aliphatic rings. The Bertz CT molecular complexity index is 1230. The molecule has 0 spiro atoms. The van der Waals surface area contributed by atoms with Gasteiger partial charge in [0.2, 0.25) is 0 Å². The second-order valence-electron chi connectivity index (χ2n) is 7.32. The molecule has 0 aliphatic heterocycles. The first-order chi connectivity index (χ1) is 16.3. The number of ether oxygens (including phenoxy) is 1. The van der Waals surface area contributed by atoms with Gasteiger partial charge in [0.25, 0.3) is 5.91 Å². The van der Waals surface area contributed by atoms with Crippen molar-refractivity contribution in [3.05, 3.63) is 82.9 Å². The predicted molar refractivity (Wildman–Crippen MR) is 127 cm³/mol. The Hall–Kier alpha value is -3.96. The fourth-order valence-corrected chi connectivity index (χ4v) is 3.56. The first-order valence-corrected chi connectivity index (χ1v) is 10.8. The van der Waals surface area contributed by atoms with Crippen LogP contribution < -0.4 is 4.90 Å². The van der Waals surface area contributed by atoms with Gasteiger partial charge in [-0.25, -0.2) is 13.9 Å². The molecule has 0 unspecified atom stereocenters. The molecule has 1 heterocycles. The Morgan fingerprint density at radius 1 is 1.24 bits per heavy atom. The van der Waals surface area contributed by atoms with Gasteiger partial charge in [0.15, 0.2) is 6.10 Å². The van der Waals surface area contributed by atoms with Gasteiger partial charge in [-0.15, -0.1) is 0 Å². The number of amides is 1. The molecule has 0 bridgehead atoms. The van der Waals surface area contributed by atoms with Crippen LogP contribution in [0.2, 0.25) is 5.15 Å². The Kier molecular flexibility index (Phi) is 8.17. The maximum absolute atomic E-state index is 13.2. The minimum absolute atomic E-state index is 0.136. The van der Waals surface area contributed by atoms with E-state index in [1.807, 2.05) is 12.1 Å². The Balaban J connectivity index is 1.71. The summed E-state index contributed by atoms with van der Waals surface area (Å²) < 4.78 is 19.9. The molecule has 7 nitrogen and oxygen atoms in total. The third-order valence-electron chi connectivity index (χ3n) is 4.93. The number of halogens is 2. The van der Waals surface area contributed by atoms with E-state index in [0.717, 1.165) is 6.08 Å². The molecule has 34 heavy (non-hydrogen) atoms. The molecular formula is C25H22ClFN4O3. The highest BCUT2D eigenvalue weighted by molar-refractivity contribution is 6.31. The summed E-state index contributed by atoms with van der Waals surface area (Å²) in [5, 5.41) is 13.5. The summed E-state index contributed by atoms with van der Waals surface area (Å²) in [6.07, 6.45) is 1.68. The summed E-state index contributed by atoms with van der Waals surface area (Å²) >= 11 is 6.42. The minimum Gasteiger partial charge on any atom is -0.449 e. The summed E-state index contributed by atoms with van der Waals surface area (Å²) in [5.41, 5.74) is 2.21. The van der Waals surface area contributed by atoms with E-state index in [1.54, 1.807) is 31.2 Å². The average molecular weight is 481 g/mol. The third kappa shape index (κ3) is 5.88. The van der Waals surface area contributed by atoms with Gasteiger partial charge in [-0.05, 0) is 56.3 Å². The van der Waals surface area contributed by atoms with Crippen molar-refractivity contribution in [1.82, 2.24) is 9.78 Å². The number of hydrogen-bond acceptors (Lipinski definition) is 5. The standard InChI is InChI=1S/C25H22ClFN4O3/c1-17-22(24(26)31(29-17)21-11-9-19(27)10-12-21)13-14-23(32)34-18(2)25(33)30(16-6-15-28)20-7-4-3-5-8-20/h3-5,7-14,18H,6,16H2,1-2H3/b14-13-/t18-/m0/s1. The van der Waals surface area contributed by atoms with E-state index in [9.17, 15) is 14.0 Å². The van der Waals surface area contributed by atoms with Crippen LogP contribution in [-0.2, 0) is 14.3 Å². The second kappa shape index (κ2) is 11.3. The lowest BCUT2D eigenvalue weighted by Gasteiger charge is -2.24. The van der Waals surface area contributed by atoms with Gasteiger partial charge in [0, 0.05) is 23.9 Å². The van der Waals surface area contributed by atoms with Crippen LogP contribution in [0.1, 0.15) is 24.6 Å². The number of esters is 1. The van der Waals surface area contributed by atoms with Gasteiger partial charge in [-0.2, -0.15) is 10.4 Å². The van der Waals surface area contributed by atoms with Gasteiger partial charge in [-0.3, -0.25) is 4.79 Å². The smallest absolute Gasteiger partial charge is 0.331 e. The molecule has 0 radical (unpaired) electrons. The molecule has 0 N–H and O–H groups in total. The molecule has 1 aromatic heterocycles. The molecule has 0 saturated carbocycles. The van der Waals surface area contributed by atoms with Crippen LogP contribution in [0.3, 0.4) is 0 Å².